The molecule has 0 fully saturated rings. The van der Waals surface area contributed by atoms with Crippen molar-refractivity contribution in [2.75, 3.05) is 6.54 Å². The van der Waals surface area contributed by atoms with E-state index in [1.807, 2.05) is 0 Å². The lowest BCUT2D eigenvalue weighted by molar-refractivity contribution is -0.138. The van der Waals surface area contributed by atoms with Crippen LogP contribution in [0.1, 0.15) is 34.1 Å². The summed E-state index contributed by atoms with van der Waals surface area (Å²) < 4.78 is 5.02. The first-order valence-electron chi connectivity index (χ1n) is 5.01. The fraction of sp³-hybridized carbons (Fsp3) is 0.800. The molecule has 94 valence electrons. The van der Waals surface area contributed by atoms with Gasteiger partial charge in [-0.05, 0) is 27.7 Å². The Labute approximate surface area is 95.1 Å². The SMILES string of the molecule is CC(CN)(CC(=O)O)NC(=O)OC(C)(C)C. The summed E-state index contributed by atoms with van der Waals surface area (Å²) in [4.78, 5) is 22.0. The van der Waals surface area contributed by atoms with Crippen LogP contribution in [0.25, 0.3) is 0 Å². The largest absolute Gasteiger partial charge is 0.481 e. The van der Waals surface area contributed by atoms with Gasteiger partial charge in [0.1, 0.15) is 5.60 Å². The lowest BCUT2D eigenvalue weighted by atomic mass is 9.98. The van der Waals surface area contributed by atoms with Gasteiger partial charge in [-0.1, -0.05) is 0 Å². The lowest BCUT2D eigenvalue weighted by Crippen LogP contribution is -2.53. The summed E-state index contributed by atoms with van der Waals surface area (Å²) in [7, 11) is 0. The van der Waals surface area contributed by atoms with Gasteiger partial charge in [-0.25, -0.2) is 4.79 Å². The highest BCUT2D eigenvalue weighted by molar-refractivity contribution is 5.72. The molecule has 1 unspecified atom stereocenters. The molecule has 0 saturated carbocycles. The number of hydrogen-bond donors (Lipinski definition) is 3. The second kappa shape index (κ2) is 5.16. The van der Waals surface area contributed by atoms with Crippen LogP contribution in [-0.2, 0) is 9.53 Å². The molecule has 6 nitrogen and oxygen atoms in total. The average molecular weight is 232 g/mol. The molecule has 0 aliphatic heterocycles. The Morgan fingerprint density at radius 3 is 2.12 bits per heavy atom. The van der Waals surface area contributed by atoms with Crippen LogP contribution in [-0.4, -0.2) is 34.9 Å². The van der Waals surface area contributed by atoms with Crippen molar-refractivity contribution in [3.8, 4) is 0 Å². The van der Waals surface area contributed by atoms with Gasteiger partial charge in [0.2, 0.25) is 0 Å². The van der Waals surface area contributed by atoms with Crippen LogP contribution in [0.3, 0.4) is 0 Å². The minimum Gasteiger partial charge on any atom is -0.481 e. The third kappa shape index (κ3) is 6.23. The molecule has 0 saturated heterocycles. The number of carboxylic acid groups (broad SMARTS) is 1. The van der Waals surface area contributed by atoms with Crippen LogP contribution in [0.15, 0.2) is 0 Å². The molecule has 0 aliphatic rings. The molecule has 1 atom stereocenters. The predicted molar refractivity (Wildman–Crippen MR) is 59.1 cm³/mol. The second-order valence-electron chi connectivity index (χ2n) is 4.96. The van der Waals surface area contributed by atoms with Gasteiger partial charge in [0.15, 0.2) is 0 Å². The number of nitrogens with two attached hydrogens (primary N) is 1. The summed E-state index contributed by atoms with van der Waals surface area (Å²) in [6, 6.07) is 0. The van der Waals surface area contributed by atoms with Crippen LogP contribution >= 0.6 is 0 Å². The van der Waals surface area contributed by atoms with Gasteiger partial charge in [-0.15, -0.1) is 0 Å². The van der Waals surface area contributed by atoms with E-state index in [1.54, 1.807) is 27.7 Å². The first-order valence-corrected chi connectivity index (χ1v) is 5.01. The van der Waals surface area contributed by atoms with Crippen molar-refractivity contribution in [1.82, 2.24) is 5.32 Å². The van der Waals surface area contributed by atoms with Gasteiger partial charge in [-0.3, -0.25) is 4.79 Å². The van der Waals surface area contributed by atoms with E-state index in [-0.39, 0.29) is 13.0 Å². The molecule has 0 aliphatic carbocycles. The zero-order valence-corrected chi connectivity index (χ0v) is 10.2. The molecule has 0 aromatic carbocycles. The molecule has 4 N–H and O–H groups in total. The van der Waals surface area contributed by atoms with Crippen LogP contribution in [0.5, 0.6) is 0 Å². The summed E-state index contributed by atoms with van der Waals surface area (Å²) >= 11 is 0. The summed E-state index contributed by atoms with van der Waals surface area (Å²) in [6.45, 7) is 6.76. The fourth-order valence-corrected chi connectivity index (χ4v) is 1.05. The fourth-order valence-electron chi connectivity index (χ4n) is 1.05. The maximum Gasteiger partial charge on any atom is 0.408 e. The smallest absolute Gasteiger partial charge is 0.408 e. The Morgan fingerprint density at radius 2 is 1.81 bits per heavy atom. The molecule has 0 aromatic heterocycles. The molecule has 0 heterocycles. The Balaban J connectivity index is 4.42. The van der Waals surface area contributed by atoms with Crippen LogP contribution in [0.2, 0.25) is 0 Å². The molecule has 0 aromatic rings. The maximum absolute atomic E-state index is 11.4. The van der Waals surface area contributed by atoms with Gasteiger partial charge in [0.25, 0.3) is 0 Å². The van der Waals surface area contributed by atoms with Gasteiger partial charge < -0.3 is 20.9 Å². The van der Waals surface area contributed by atoms with E-state index in [2.05, 4.69) is 5.32 Å². The molecule has 0 rings (SSSR count). The number of aliphatic carboxylic acids is 1. The van der Waals surface area contributed by atoms with Crippen molar-refractivity contribution in [3.05, 3.63) is 0 Å². The van der Waals surface area contributed by atoms with Crippen LogP contribution < -0.4 is 11.1 Å². The van der Waals surface area contributed by atoms with Gasteiger partial charge in [0.05, 0.1) is 12.0 Å². The highest BCUT2D eigenvalue weighted by Gasteiger charge is 2.30. The molecule has 0 spiro atoms. The molecular formula is C10H20N2O4. The first-order chi connectivity index (χ1) is 7.08. The van der Waals surface area contributed by atoms with Crippen LogP contribution in [0, 0.1) is 0 Å². The third-order valence-electron chi connectivity index (χ3n) is 1.79. The van der Waals surface area contributed by atoms with Crippen molar-refractivity contribution in [1.29, 1.82) is 0 Å². The van der Waals surface area contributed by atoms with Gasteiger partial charge >= 0.3 is 12.1 Å². The van der Waals surface area contributed by atoms with Gasteiger partial charge in [-0.2, -0.15) is 0 Å². The van der Waals surface area contributed by atoms with Crippen molar-refractivity contribution < 1.29 is 19.4 Å². The minimum absolute atomic E-state index is 0.0263. The summed E-state index contributed by atoms with van der Waals surface area (Å²) in [5, 5.41) is 11.1. The van der Waals surface area contributed by atoms with E-state index in [0.717, 1.165) is 0 Å². The van der Waals surface area contributed by atoms with Gasteiger partial charge in [0, 0.05) is 6.54 Å². The lowest BCUT2D eigenvalue weighted by Gasteiger charge is -2.29. The number of ether oxygens (including phenoxy) is 1. The van der Waals surface area contributed by atoms with E-state index < -0.39 is 23.2 Å². The molecule has 1 amide bonds. The average Bonchev–Trinajstić information content (AvgIpc) is 1.98. The quantitative estimate of drug-likeness (QED) is 0.662. The van der Waals surface area contributed by atoms with Crippen LogP contribution in [0.4, 0.5) is 4.79 Å². The Morgan fingerprint density at radius 1 is 1.31 bits per heavy atom. The molecule has 6 heteroatoms. The number of rotatable bonds is 4. The highest BCUT2D eigenvalue weighted by atomic mass is 16.6. The number of carbonyl (C=O) groups excluding carboxylic acids is 1. The summed E-state index contributed by atoms with van der Waals surface area (Å²) in [5.74, 6) is -1.02. The topological polar surface area (TPSA) is 102 Å². The zero-order valence-electron chi connectivity index (χ0n) is 10.2. The van der Waals surface area contributed by atoms with E-state index in [4.69, 9.17) is 15.6 Å². The number of alkyl carbamates (subject to hydrolysis) is 1. The summed E-state index contributed by atoms with van der Waals surface area (Å²) in [5.41, 5.74) is 3.82. The normalized spacial score (nSPS) is 15.1. The molecule has 0 bridgehead atoms. The predicted octanol–water partition coefficient (Wildman–Crippen LogP) is 0.703. The van der Waals surface area contributed by atoms with E-state index in [0.29, 0.717) is 0 Å². The van der Waals surface area contributed by atoms with E-state index in [1.165, 1.54) is 0 Å². The van der Waals surface area contributed by atoms with E-state index >= 15 is 0 Å². The van der Waals surface area contributed by atoms with Crippen molar-refractivity contribution in [2.24, 2.45) is 5.73 Å². The summed E-state index contributed by atoms with van der Waals surface area (Å²) in [6.07, 6.45) is -0.912. The standard InChI is InChI=1S/C10H20N2O4/c1-9(2,3)16-8(15)12-10(4,6-11)5-7(13)14/h5-6,11H2,1-4H3,(H,12,15)(H,13,14). The third-order valence-corrected chi connectivity index (χ3v) is 1.79. The second-order valence-corrected chi connectivity index (χ2v) is 4.96. The monoisotopic (exact) mass is 232 g/mol. The Hall–Kier alpha value is -1.30. The maximum atomic E-state index is 11.4. The minimum atomic E-state index is -1.02. The van der Waals surface area contributed by atoms with Crippen molar-refractivity contribution in [3.63, 3.8) is 0 Å². The molecule has 16 heavy (non-hydrogen) atoms. The highest BCUT2D eigenvalue weighted by Crippen LogP contribution is 2.11. The van der Waals surface area contributed by atoms with Crippen molar-refractivity contribution in [2.45, 2.75) is 45.3 Å². The number of hydrogen-bond acceptors (Lipinski definition) is 4. The molecule has 0 radical (unpaired) electrons. The molecular weight excluding hydrogens is 212 g/mol. The number of carbonyl (C=O) groups is 2. The Bertz CT molecular complexity index is 272. The van der Waals surface area contributed by atoms with E-state index in [9.17, 15) is 9.59 Å². The Kier molecular flexibility index (Phi) is 4.74. The number of carboxylic acids is 1. The number of amides is 1. The number of nitrogens with one attached hydrogen (secondary N) is 1. The zero-order chi connectivity index (χ0) is 13.0. The van der Waals surface area contributed by atoms with Crippen molar-refractivity contribution >= 4 is 12.1 Å². The first kappa shape index (κ1) is 14.7.